The second-order valence-electron chi connectivity index (χ2n) is 7.83. The van der Waals surface area contributed by atoms with Gasteiger partial charge in [-0.25, -0.2) is 14.4 Å². The van der Waals surface area contributed by atoms with Gasteiger partial charge in [-0.05, 0) is 41.5 Å². The summed E-state index contributed by atoms with van der Waals surface area (Å²) in [6.45, 7) is 3.45. The lowest BCUT2D eigenvalue weighted by Gasteiger charge is -2.36. The van der Waals surface area contributed by atoms with Crippen LogP contribution in [0.5, 0.6) is 0 Å². The molecule has 0 unspecified atom stereocenters. The number of anilines is 3. The van der Waals surface area contributed by atoms with Crippen LogP contribution in [0.2, 0.25) is 0 Å². The summed E-state index contributed by atoms with van der Waals surface area (Å²) in [7, 11) is 0. The highest BCUT2D eigenvalue weighted by Crippen LogP contribution is 2.22. The molecule has 1 aliphatic rings. The summed E-state index contributed by atoms with van der Waals surface area (Å²) in [6.07, 6.45) is 3.19. The number of piperazine rings is 1. The van der Waals surface area contributed by atoms with Crippen molar-refractivity contribution in [1.29, 1.82) is 0 Å². The largest absolute Gasteiger partial charge is 0.368 e. The van der Waals surface area contributed by atoms with E-state index in [-0.39, 0.29) is 11.7 Å². The monoisotopic (exact) mass is 442 g/mol. The Bertz CT molecular complexity index is 1230. The van der Waals surface area contributed by atoms with E-state index in [0.29, 0.717) is 11.5 Å². The number of carbonyl (C=O) groups is 1. The number of halogens is 1. The van der Waals surface area contributed by atoms with Crippen molar-refractivity contribution in [2.24, 2.45) is 0 Å². The number of nitrogens with zero attached hydrogens (tertiary/aromatic N) is 4. The standard InChI is InChI=1S/C25H23FN6O/c26-20-8-6-18(7-9-20)19-14-22(27-16-19)25(33)30-23-15-24(29-17-28-23)32-12-10-31(11-13-32)21-4-2-1-3-5-21/h1-9,14-17,27H,10-13H2,(H,28,29,30,33). The maximum Gasteiger partial charge on any atom is 0.273 e. The summed E-state index contributed by atoms with van der Waals surface area (Å²) >= 11 is 0. The molecule has 1 saturated heterocycles. The van der Waals surface area contributed by atoms with Gasteiger partial charge in [-0.15, -0.1) is 0 Å². The lowest BCUT2D eigenvalue weighted by Crippen LogP contribution is -2.46. The number of hydrogen-bond acceptors (Lipinski definition) is 5. The summed E-state index contributed by atoms with van der Waals surface area (Å²) < 4.78 is 13.2. The van der Waals surface area contributed by atoms with Crippen molar-refractivity contribution < 1.29 is 9.18 Å². The van der Waals surface area contributed by atoms with Gasteiger partial charge in [0.2, 0.25) is 0 Å². The molecule has 2 aromatic heterocycles. The number of carbonyl (C=O) groups excluding carboxylic acids is 1. The minimum atomic E-state index is -0.304. The molecule has 0 aliphatic carbocycles. The summed E-state index contributed by atoms with van der Waals surface area (Å²) in [4.78, 5) is 28.8. The van der Waals surface area contributed by atoms with Gasteiger partial charge < -0.3 is 20.1 Å². The number of rotatable bonds is 5. The molecule has 4 aromatic rings. The van der Waals surface area contributed by atoms with Gasteiger partial charge in [0.25, 0.3) is 5.91 Å². The Balaban J connectivity index is 1.23. The van der Waals surface area contributed by atoms with Crippen molar-refractivity contribution in [3.8, 4) is 11.1 Å². The van der Waals surface area contributed by atoms with Gasteiger partial charge in [-0.1, -0.05) is 30.3 Å². The van der Waals surface area contributed by atoms with E-state index in [4.69, 9.17) is 0 Å². The average Bonchev–Trinajstić information content (AvgIpc) is 3.36. The quantitative estimate of drug-likeness (QED) is 0.485. The van der Waals surface area contributed by atoms with Crippen molar-refractivity contribution in [2.45, 2.75) is 0 Å². The lowest BCUT2D eigenvalue weighted by atomic mass is 10.1. The van der Waals surface area contributed by atoms with E-state index >= 15 is 0 Å². The Morgan fingerprint density at radius 1 is 0.879 bits per heavy atom. The number of H-pyrrole nitrogens is 1. The molecular formula is C25H23FN6O. The van der Waals surface area contributed by atoms with Crippen molar-refractivity contribution in [3.05, 3.63) is 90.8 Å². The molecule has 33 heavy (non-hydrogen) atoms. The van der Waals surface area contributed by atoms with E-state index in [0.717, 1.165) is 43.1 Å². The molecule has 166 valence electrons. The Labute approximate surface area is 190 Å². The maximum atomic E-state index is 13.2. The molecule has 2 aromatic carbocycles. The van der Waals surface area contributed by atoms with E-state index in [1.165, 1.54) is 24.1 Å². The minimum absolute atomic E-state index is 0.298. The number of benzene rings is 2. The van der Waals surface area contributed by atoms with E-state index in [9.17, 15) is 9.18 Å². The summed E-state index contributed by atoms with van der Waals surface area (Å²) in [5, 5.41) is 2.83. The van der Waals surface area contributed by atoms with Crippen LogP contribution < -0.4 is 15.1 Å². The highest BCUT2D eigenvalue weighted by molar-refractivity contribution is 6.03. The van der Waals surface area contributed by atoms with E-state index in [1.807, 2.05) is 18.2 Å². The van der Waals surface area contributed by atoms with Crippen molar-refractivity contribution in [2.75, 3.05) is 41.3 Å². The lowest BCUT2D eigenvalue weighted by molar-refractivity contribution is 0.102. The SMILES string of the molecule is O=C(Nc1cc(N2CCN(c3ccccc3)CC2)ncn1)c1cc(-c2ccc(F)cc2)c[nH]1. The molecule has 5 rings (SSSR count). The maximum absolute atomic E-state index is 13.2. The molecule has 8 heteroatoms. The summed E-state index contributed by atoms with van der Waals surface area (Å²) in [5.41, 5.74) is 3.25. The number of nitrogens with one attached hydrogen (secondary N) is 2. The highest BCUT2D eigenvalue weighted by atomic mass is 19.1. The van der Waals surface area contributed by atoms with Crippen LogP contribution in [0.3, 0.4) is 0 Å². The smallest absolute Gasteiger partial charge is 0.273 e. The first kappa shape index (κ1) is 20.7. The van der Waals surface area contributed by atoms with Crippen LogP contribution in [-0.2, 0) is 0 Å². The van der Waals surface area contributed by atoms with Gasteiger partial charge in [-0.2, -0.15) is 0 Å². The van der Waals surface area contributed by atoms with Gasteiger partial charge in [0.15, 0.2) is 0 Å². The number of hydrogen-bond donors (Lipinski definition) is 2. The number of aromatic nitrogens is 3. The number of para-hydroxylation sites is 1. The third-order valence-electron chi connectivity index (χ3n) is 5.72. The third kappa shape index (κ3) is 4.69. The number of aromatic amines is 1. The van der Waals surface area contributed by atoms with Gasteiger partial charge in [-0.3, -0.25) is 4.79 Å². The van der Waals surface area contributed by atoms with Crippen LogP contribution in [0.1, 0.15) is 10.5 Å². The van der Waals surface area contributed by atoms with E-state index < -0.39 is 0 Å². The predicted molar refractivity (Wildman–Crippen MR) is 127 cm³/mol. The molecule has 1 aliphatic heterocycles. The second kappa shape index (κ2) is 9.12. The van der Waals surface area contributed by atoms with Gasteiger partial charge >= 0.3 is 0 Å². The Hall–Kier alpha value is -4.20. The molecule has 3 heterocycles. The molecule has 7 nitrogen and oxygen atoms in total. The topological polar surface area (TPSA) is 77.2 Å². The Morgan fingerprint density at radius 3 is 2.36 bits per heavy atom. The van der Waals surface area contributed by atoms with Crippen molar-refractivity contribution in [1.82, 2.24) is 15.0 Å². The minimum Gasteiger partial charge on any atom is -0.368 e. The fraction of sp³-hybridized carbons (Fsp3) is 0.160. The third-order valence-corrected chi connectivity index (χ3v) is 5.72. The highest BCUT2D eigenvalue weighted by Gasteiger charge is 2.19. The van der Waals surface area contributed by atoms with Gasteiger partial charge in [0.05, 0.1) is 0 Å². The molecule has 2 N–H and O–H groups in total. The molecule has 0 bridgehead atoms. The zero-order valence-corrected chi connectivity index (χ0v) is 17.9. The first-order valence-electron chi connectivity index (χ1n) is 10.8. The van der Waals surface area contributed by atoms with Crippen LogP contribution in [0.15, 0.2) is 79.3 Å². The van der Waals surface area contributed by atoms with Gasteiger partial charge in [0, 0.05) is 44.1 Å². The first-order valence-corrected chi connectivity index (χ1v) is 10.8. The van der Waals surface area contributed by atoms with Crippen molar-refractivity contribution in [3.63, 3.8) is 0 Å². The van der Waals surface area contributed by atoms with Crippen LogP contribution in [0, 0.1) is 5.82 Å². The summed E-state index contributed by atoms with van der Waals surface area (Å²) in [5.74, 6) is 0.620. The predicted octanol–water partition coefficient (Wildman–Crippen LogP) is 4.19. The van der Waals surface area contributed by atoms with Crippen LogP contribution in [0.25, 0.3) is 11.1 Å². The zero-order valence-electron chi connectivity index (χ0n) is 17.9. The summed E-state index contributed by atoms with van der Waals surface area (Å²) in [6, 6.07) is 20.0. The van der Waals surface area contributed by atoms with Crippen LogP contribution in [0.4, 0.5) is 21.7 Å². The Kier molecular flexibility index (Phi) is 5.72. The van der Waals surface area contributed by atoms with E-state index in [1.54, 1.807) is 30.5 Å². The second-order valence-corrected chi connectivity index (χ2v) is 7.83. The fourth-order valence-corrected chi connectivity index (χ4v) is 3.94. The van der Waals surface area contributed by atoms with Gasteiger partial charge in [0.1, 0.15) is 29.5 Å². The number of amides is 1. The molecule has 0 spiro atoms. The molecule has 1 fully saturated rings. The first-order chi connectivity index (χ1) is 16.2. The van der Waals surface area contributed by atoms with E-state index in [2.05, 4.69) is 42.2 Å². The molecule has 0 saturated carbocycles. The Morgan fingerprint density at radius 2 is 1.61 bits per heavy atom. The normalized spacial score (nSPS) is 13.7. The fourth-order valence-electron chi connectivity index (χ4n) is 3.94. The zero-order chi connectivity index (χ0) is 22.6. The molecular weight excluding hydrogens is 419 g/mol. The molecule has 0 atom stereocenters. The van der Waals surface area contributed by atoms with Crippen LogP contribution >= 0.6 is 0 Å². The molecule has 1 amide bonds. The van der Waals surface area contributed by atoms with Crippen LogP contribution in [-0.4, -0.2) is 47.0 Å². The van der Waals surface area contributed by atoms with Crippen molar-refractivity contribution >= 4 is 23.2 Å². The molecule has 0 radical (unpaired) electrons. The average molecular weight is 442 g/mol.